The van der Waals surface area contributed by atoms with E-state index in [2.05, 4.69) is 18.8 Å². The molecule has 0 amide bonds. The fourth-order valence-electron chi connectivity index (χ4n) is 2.01. The van der Waals surface area contributed by atoms with E-state index in [-0.39, 0.29) is 5.02 Å². The van der Waals surface area contributed by atoms with Crippen LogP contribution in [0.1, 0.15) is 19.7 Å². The summed E-state index contributed by atoms with van der Waals surface area (Å²) in [6, 6.07) is 3.02. The van der Waals surface area contributed by atoms with Crippen molar-refractivity contribution in [3.8, 4) is 0 Å². The lowest BCUT2D eigenvalue weighted by Gasteiger charge is -2.11. The molecule has 0 N–H and O–H groups in total. The van der Waals surface area contributed by atoms with Crippen LogP contribution in [0.15, 0.2) is 12.1 Å². The van der Waals surface area contributed by atoms with Crippen molar-refractivity contribution in [1.82, 2.24) is 9.55 Å². The Bertz CT molecular complexity index is 564. The number of aromatic nitrogens is 2. The number of halogens is 3. The number of aryl methyl sites for hydroxylation is 1. The molecule has 1 aromatic carbocycles. The van der Waals surface area contributed by atoms with Crippen molar-refractivity contribution in [3.05, 3.63) is 28.8 Å². The highest BCUT2D eigenvalue weighted by Gasteiger charge is 2.14. The predicted molar refractivity (Wildman–Crippen MR) is 74.0 cm³/mol. The third kappa shape index (κ3) is 2.62. The van der Waals surface area contributed by atoms with Crippen LogP contribution in [0.2, 0.25) is 5.02 Å². The van der Waals surface area contributed by atoms with Crippen LogP contribution in [0.3, 0.4) is 0 Å². The minimum absolute atomic E-state index is 0.106. The highest BCUT2D eigenvalue weighted by Crippen LogP contribution is 2.25. The van der Waals surface area contributed by atoms with Crippen LogP contribution in [-0.4, -0.2) is 15.4 Å². The van der Waals surface area contributed by atoms with Gasteiger partial charge in [-0.25, -0.2) is 9.37 Å². The first-order valence-corrected chi connectivity index (χ1v) is 6.84. The second-order valence-electron chi connectivity index (χ2n) is 4.73. The Kier molecular flexibility index (Phi) is 4.13. The van der Waals surface area contributed by atoms with Crippen molar-refractivity contribution in [2.24, 2.45) is 5.92 Å². The van der Waals surface area contributed by atoms with E-state index in [9.17, 15) is 4.39 Å². The van der Waals surface area contributed by atoms with Crippen molar-refractivity contribution in [2.75, 3.05) is 5.88 Å². The number of imidazole rings is 1. The van der Waals surface area contributed by atoms with Gasteiger partial charge in [-0.3, -0.25) is 0 Å². The van der Waals surface area contributed by atoms with Gasteiger partial charge < -0.3 is 4.57 Å². The molecule has 0 fully saturated rings. The maximum atomic E-state index is 13.6. The molecule has 0 aliphatic carbocycles. The third-order valence-corrected chi connectivity index (χ3v) is 3.21. The smallest absolute Gasteiger partial charge is 0.144 e. The molecule has 2 aromatic rings. The number of hydrogen-bond donors (Lipinski definition) is 0. The van der Waals surface area contributed by atoms with Crippen molar-refractivity contribution in [3.63, 3.8) is 0 Å². The van der Waals surface area contributed by atoms with Gasteiger partial charge in [0.05, 0.1) is 16.1 Å². The van der Waals surface area contributed by atoms with Gasteiger partial charge in [-0.05, 0) is 12.0 Å². The largest absolute Gasteiger partial charge is 0.328 e. The molecule has 0 spiro atoms. The Balaban J connectivity index is 2.60. The van der Waals surface area contributed by atoms with Crippen LogP contribution in [0.4, 0.5) is 4.39 Å². The van der Waals surface area contributed by atoms with Crippen LogP contribution < -0.4 is 0 Å². The Labute approximate surface area is 116 Å². The molecule has 2 rings (SSSR count). The average molecular weight is 289 g/mol. The molecule has 18 heavy (non-hydrogen) atoms. The van der Waals surface area contributed by atoms with Gasteiger partial charge in [0.2, 0.25) is 0 Å². The quantitative estimate of drug-likeness (QED) is 0.769. The lowest BCUT2D eigenvalue weighted by molar-refractivity contribution is 0.518. The molecule has 0 aliphatic heterocycles. The third-order valence-electron chi connectivity index (χ3n) is 2.74. The van der Waals surface area contributed by atoms with E-state index in [0.29, 0.717) is 18.2 Å². The molecule has 1 aromatic heterocycles. The van der Waals surface area contributed by atoms with Crippen molar-refractivity contribution >= 4 is 34.2 Å². The molecule has 0 atom stereocenters. The van der Waals surface area contributed by atoms with E-state index >= 15 is 0 Å². The highest BCUT2D eigenvalue weighted by molar-refractivity contribution is 6.31. The minimum atomic E-state index is -0.411. The van der Waals surface area contributed by atoms with E-state index < -0.39 is 5.82 Å². The van der Waals surface area contributed by atoms with Crippen molar-refractivity contribution < 1.29 is 4.39 Å². The van der Waals surface area contributed by atoms with Crippen LogP contribution in [0.25, 0.3) is 11.0 Å². The van der Waals surface area contributed by atoms with Crippen LogP contribution in [-0.2, 0) is 13.0 Å². The van der Waals surface area contributed by atoms with Crippen molar-refractivity contribution in [1.29, 1.82) is 0 Å². The SMILES string of the molecule is CC(C)Cn1c(CCCl)nc2cc(Cl)c(F)cc21. The van der Waals surface area contributed by atoms with Gasteiger partial charge in [0.15, 0.2) is 0 Å². The van der Waals surface area contributed by atoms with E-state index in [0.717, 1.165) is 23.4 Å². The molecule has 0 aliphatic rings. The molecule has 1 heterocycles. The maximum absolute atomic E-state index is 13.6. The standard InChI is InChI=1S/C13H15Cl2FN2/c1-8(2)7-18-12-6-10(16)9(15)5-11(12)17-13(18)3-4-14/h5-6,8H,3-4,7H2,1-2H3. The van der Waals surface area contributed by atoms with E-state index in [1.165, 1.54) is 6.07 Å². The van der Waals surface area contributed by atoms with Gasteiger partial charge >= 0.3 is 0 Å². The molecular formula is C13H15Cl2FN2. The van der Waals surface area contributed by atoms with E-state index in [1.54, 1.807) is 6.07 Å². The first-order chi connectivity index (χ1) is 8.52. The van der Waals surface area contributed by atoms with Gasteiger partial charge in [-0.1, -0.05) is 25.4 Å². The van der Waals surface area contributed by atoms with Gasteiger partial charge in [0.25, 0.3) is 0 Å². The zero-order valence-electron chi connectivity index (χ0n) is 10.4. The second-order valence-corrected chi connectivity index (χ2v) is 5.51. The number of alkyl halides is 1. The summed E-state index contributed by atoms with van der Waals surface area (Å²) in [7, 11) is 0. The Morgan fingerprint density at radius 2 is 2.11 bits per heavy atom. The lowest BCUT2D eigenvalue weighted by atomic mass is 10.2. The first-order valence-electron chi connectivity index (χ1n) is 5.93. The number of hydrogen-bond acceptors (Lipinski definition) is 1. The summed E-state index contributed by atoms with van der Waals surface area (Å²) in [4.78, 5) is 4.48. The molecule has 0 unspecified atom stereocenters. The Hall–Kier alpha value is -0.800. The zero-order valence-corrected chi connectivity index (χ0v) is 11.9. The summed E-state index contributed by atoms with van der Waals surface area (Å²) in [5.41, 5.74) is 1.51. The Morgan fingerprint density at radius 1 is 1.39 bits per heavy atom. The molecule has 0 bridgehead atoms. The van der Waals surface area contributed by atoms with Gasteiger partial charge in [0, 0.05) is 24.9 Å². The first kappa shape index (κ1) is 13.6. The molecule has 0 saturated carbocycles. The number of rotatable bonds is 4. The second kappa shape index (κ2) is 5.45. The monoisotopic (exact) mass is 288 g/mol. The van der Waals surface area contributed by atoms with Crippen LogP contribution in [0, 0.1) is 11.7 Å². The molecule has 98 valence electrons. The van der Waals surface area contributed by atoms with Crippen molar-refractivity contribution in [2.45, 2.75) is 26.8 Å². The van der Waals surface area contributed by atoms with E-state index in [1.807, 2.05) is 4.57 Å². The van der Waals surface area contributed by atoms with Gasteiger partial charge in [-0.2, -0.15) is 0 Å². The minimum Gasteiger partial charge on any atom is -0.328 e. The average Bonchev–Trinajstić information content (AvgIpc) is 2.58. The fourth-order valence-corrected chi connectivity index (χ4v) is 2.34. The van der Waals surface area contributed by atoms with Crippen LogP contribution >= 0.6 is 23.2 Å². The van der Waals surface area contributed by atoms with E-state index in [4.69, 9.17) is 23.2 Å². The summed E-state index contributed by atoms with van der Waals surface area (Å²) >= 11 is 11.6. The zero-order chi connectivity index (χ0) is 13.3. The molecular weight excluding hydrogens is 274 g/mol. The molecule has 0 radical (unpaired) electrons. The van der Waals surface area contributed by atoms with Gasteiger partial charge in [0.1, 0.15) is 11.6 Å². The van der Waals surface area contributed by atoms with Crippen LogP contribution in [0.5, 0.6) is 0 Å². The summed E-state index contributed by atoms with van der Waals surface area (Å²) in [5, 5.41) is 0.106. The summed E-state index contributed by atoms with van der Waals surface area (Å²) in [6.45, 7) is 5.02. The fraction of sp³-hybridized carbons (Fsp3) is 0.462. The summed E-state index contributed by atoms with van der Waals surface area (Å²) < 4.78 is 15.6. The Morgan fingerprint density at radius 3 is 2.72 bits per heavy atom. The van der Waals surface area contributed by atoms with Gasteiger partial charge in [-0.15, -0.1) is 11.6 Å². The molecule has 2 nitrogen and oxygen atoms in total. The topological polar surface area (TPSA) is 17.8 Å². The number of benzene rings is 1. The molecule has 5 heteroatoms. The predicted octanol–water partition coefficient (Wildman–Crippen LogP) is 4.27. The number of fused-ring (bicyclic) bond motifs is 1. The molecule has 0 saturated heterocycles. The highest BCUT2D eigenvalue weighted by atomic mass is 35.5. The lowest BCUT2D eigenvalue weighted by Crippen LogP contribution is -2.09. The summed E-state index contributed by atoms with van der Waals surface area (Å²) in [5.74, 6) is 1.43. The normalized spacial score (nSPS) is 11.7. The summed E-state index contributed by atoms with van der Waals surface area (Å²) in [6.07, 6.45) is 0.669. The maximum Gasteiger partial charge on any atom is 0.144 e. The number of nitrogens with zero attached hydrogens (tertiary/aromatic N) is 2.